The Morgan fingerprint density at radius 1 is 1.12 bits per heavy atom. The number of ether oxygens (including phenoxy) is 1. The highest BCUT2D eigenvalue weighted by molar-refractivity contribution is 6.08. The van der Waals surface area contributed by atoms with Crippen LogP contribution in [-0.4, -0.2) is 7.11 Å². The predicted molar refractivity (Wildman–Crippen MR) is 69.7 cm³/mol. The lowest BCUT2D eigenvalue weighted by molar-refractivity contribution is 0.412. The topological polar surface area (TPSA) is 22.4 Å². The number of hydrogen-bond donors (Lipinski definition) is 0. The molecule has 0 aliphatic carbocycles. The van der Waals surface area contributed by atoms with Gasteiger partial charge in [0.15, 0.2) is 11.3 Å². The van der Waals surface area contributed by atoms with E-state index in [1.54, 1.807) is 7.11 Å². The molecule has 0 unspecified atom stereocenters. The fourth-order valence-corrected chi connectivity index (χ4v) is 2.33. The largest absolute Gasteiger partial charge is 0.493 e. The second-order valence-corrected chi connectivity index (χ2v) is 4.08. The minimum atomic E-state index is 0.799. The summed E-state index contributed by atoms with van der Waals surface area (Å²) in [7, 11) is 1.67. The average molecular weight is 226 g/mol. The highest BCUT2D eigenvalue weighted by Crippen LogP contribution is 2.36. The van der Waals surface area contributed by atoms with Gasteiger partial charge in [0.25, 0.3) is 0 Å². The summed E-state index contributed by atoms with van der Waals surface area (Å²) in [6.07, 6.45) is 0.990. The predicted octanol–water partition coefficient (Wildman–Crippen LogP) is 4.16. The molecule has 0 spiro atoms. The third kappa shape index (κ3) is 1.41. The van der Waals surface area contributed by atoms with E-state index < -0.39 is 0 Å². The van der Waals surface area contributed by atoms with Gasteiger partial charge in [0, 0.05) is 10.8 Å². The summed E-state index contributed by atoms with van der Waals surface area (Å²) < 4.78 is 11.3. The maximum absolute atomic E-state index is 5.89. The molecule has 0 saturated carbocycles. The van der Waals surface area contributed by atoms with Gasteiger partial charge in [0.05, 0.1) is 7.11 Å². The van der Waals surface area contributed by atoms with Gasteiger partial charge in [-0.05, 0) is 24.1 Å². The van der Waals surface area contributed by atoms with E-state index in [9.17, 15) is 0 Å². The monoisotopic (exact) mass is 226 g/mol. The number of para-hydroxylation sites is 1. The van der Waals surface area contributed by atoms with Crippen LogP contribution in [0.25, 0.3) is 21.9 Å². The Labute approximate surface area is 99.8 Å². The zero-order valence-corrected chi connectivity index (χ0v) is 9.99. The zero-order valence-electron chi connectivity index (χ0n) is 9.99. The first kappa shape index (κ1) is 10.2. The highest BCUT2D eigenvalue weighted by Gasteiger charge is 2.13. The minimum absolute atomic E-state index is 0.799. The van der Waals surface area contributed by atoms with Crippen molar-refractivity contribution in [3.05, 3.63) is 42.0 Å². The van der Waals surface area contributed by atoms with Crippen LogP contribution in [-0.2, 0) is 6.42 Å². The Balaban J connectivity index is 2.53. The fraction of sp³-hybridized carbons (Fsp3) is 0.200. The molecule has 2 aromatic carbocycles. The summed E-state index contributed by atoms with van der Waals surface area (Å²) in [5.74, 6) is 0.799. The first-order valence-corrected chi connectivity index (χ1v) is 5.82. The number of benzene rings is 2. The van der Waals surface area contributed by atoms with E-state index in [1.165, 1.54) is 16.3 Å². The standard InChI is InChI=1S/C15H14O2/c1-3-10-8-9-13(16-2)15-14(10)11-6-4-5-7-12(11)17-15/h4-9H,3H2,1-2H3. The Morgan fingerprint density at radius 2 is 1.94 bits per heavy atom. The van der Waals surface area contributed by atoms with Crippen molar-refractivity contribution in [2.45, 2.75) is 13.3 Å². The Hall–Kier alpha value is -1.96. The number of aryl methyl sites for hydroxylation is 1. The normalized spacial score (nSPS) is 11.2. The molecule has 17 heavy (non-hydrogen) atoms. The molecule has 1 aromatic heterocycles. The van der Waals surface area contributed by atoms with Crippen molar-refractivity contribution in [1.82, 2.24) is 0 Å². The number of furan rings is 1. The van der Waals surface area contributed by atoms with E-state index in [2.05, 4.69) is 19.1 Å². The maximum atomic E-state index is 5.89. The molecule has 3 aromatic rings. The SMILES string of the molecule is CCc1ccc(OC)c2oc3ccccc3c12. The van der Waals surface area contributed by atoms with E-state index in [0.29, 0.717) is 0 Å². The van der Waals surface area contributed by atoms with E-state index >= 15 is 0 Å². The first-order valence-electron chi connectivity index (χ1n) is 5.82. The molecule has 0 aliphatic heterocycles. The first-order chi connectivity index (χ1) is 8.35. The van der Waals surface area contributed by atoms with Crippen molar-refractivity contribution in [1.29, 1.82) is 0 Å². The Morgan fingerprint density at radius 3 is 2.71 bits per heavy atom. The van der Waals surface area contributed by atoms with Gasteiger partial charge in [0.1, 0.15) is 5.58 Å². The third-order valence-electron chi connectivity index (χ3n) is 3.18. The van der Waals surface area contributed by atoms with Crippen molar-refractivity contribution < 1.29 is 9.15 Å². The summed E-state index contributed by atoms with van der Waals surface area (Å²) >= 11 is 0. The molecule has 0 amide bonds. The van der Waals surface area contributed by atoms with Crippen molar-refractivity contribution >= 4 is 21.9 Å². The molecule has 0 bridgehead atoms. The van der Waals surface area contributed by atoms with Crippen LogP contribution in [0.5, 0.6) is 5.75 Å². The Bertz CT molecular complexity index is 680. The van der Waals surface area contributed by atoms with Crippen LogP contribution in [0, 0.1) is 0 Å². The van der Waals surface area contributed by atoms with Crippen LogP contribution in [0.15, 0.2) is 40.8 Å². The molecule has 0 fully saturated rings. The van der Waals surface area contributed by atoms with E-state index in [-0.39, 0.29) is 0 Å². The molecule has 1 heterocycles. The molecule has 0 aliphatic rings. The van der Waals surface area contributed by atoms with Crippen molar-refractivity contribution in [2.24, 2.45) is 0 Å². The number of methoxy groups -OCH3 is 1. The molecular formula is C15H14O2. The smallest absolute Gasteiger partial charge is 0.177 e. The van der Waals surface area contributed by atoms with Gasteiger partial charge < -0.3 is 9.15 Å². The highest BCUT2D eigenvalue weighted by atomic mass is 16.5. The Kier molecular flexibility index (Phi) is 2.29. The minimum Gasteiger partial charge on any atom is -0.493 e. The van der Waals surface area contributed by atoms with E-state index in [1.807, 2.05) is 24.3 Å². The number of rotatable bonds is 2. The van der Waals surface area contributed by atoms with Gasteiger partial charge in [-0.1, -0.05) is 31.2 Å². The van der Waals surface area contributed by atoms with Crippen LogP contribution in [0.1, 0.15) is 12.5 Å². The maximum Gasteiger partial charge on any atom is 0.177 e. The number of fused-ring (bicyclic) bond motifs is 3. The van der Waals surface area contributed by atoms with Crippen LogP contribution in [0.2, 0.25) is 0 Å². The fourth-order valence-electron chi connectivity index (χ4n) is 2.33. The second-order valence-electron chi connectivity index (χ2n) is 4.08. The van der Waals surface area contributed by atoms with E-state index in [0.717, 1.165) is 23.3 Å². The molecule has 0 saturated heterocycles. The molecule has 0 N–H and O–H groups in total. The van der Waals surface area contributed by atoms with Crippen LogP contribution >= 0.6 is 0 Å². The lowest BCUT2D eigenvalue weighted by Gasteiger charge is -2.03. The molecule has 86 valence electrons. The van der Waals surface area contributed by atoms with Crippen LogP contribution in [0.4, 0.5) is 0 Å². The lowest BCUT2D eigenvalue weighted by atomic mass is 10.0. The molecule has 0 radical (unpaired) electrons. The summed E-state index contributed by atoms with van der Waals surface area (Å²) in [5, 5.41) is 2.35. The average Bonchev–Trinajstić information content (AvgIpc) is 2.77. The van der Waals surface area contributed by atoms with Gasteiger partial charge in [-0.15, -0.1) is 0 Å². The molecule has 0 atom stereocenters. The third-order valence-corrected chi connectivity index (χ3v) is 3.18. The van der Waals surface area contributed by atoms with E-state index in [4.69, 9.17) is 9.15 Å². The second kappa shape index (κ2) is 3.81. The quantitative estimate of drug-likeness (QED) is 0.654. The van der Waals surface area contributed by atoms with Gasteiger partial charge >= 0.3 is 0 Å². The van der Waals surface area contributed by atoms with Gasteiger partial charge in [-0.2, -0.15) is 0 Å². The summed E-state index contributed by atoms with van der Waals surface area (Å²) in [6.45, 7) is 2.16. The van der Waals surface area contributed by atoms with Crippen molar-refractivity contribution in [2.75, 3.05) is 7.11 Å². The van der Waals surface area contributed by atoms with Crippen LogP contribution in [0.3, 0.4) is 0 Å². The van der Waals surface area contributed by atoms with Crippen LogP contribution < -0.4 is 4.74 Å². The molecule has 3 rings (SSSR count). The molecule has 2 nitrogen and oxygen atoms in total. The zero-order chi connectivity index (χ0) is 11.8. The lowest BCUT2D eigenvalue weighted by Crippen LogP contribution is -1.86. The van der Waals surface area contributed by atoms with Gasteiger partial charge in [-0.25, -0.2) is 0 Å². The van der Waals surface area contributed by atoms with Crippen molar-refractivity contribution in [3.63, 3.8) is 0 Å². The summed E-state index contributed by atoms with van der Waals surface area (Å²) in [5.41, 5.74) is 3.07. The van der Waals surface area contributed by atoms with Crippen molar-refractivity contribution in [3.8, 4) is 5.75 Å². The van der Waals surface area contributed by atoms with Gasteiger partial charge in [0.2, 0.25) is 0 Å². The van der Waals surface area contributed by atoms with Gasteiger partial charge in [-0.3, -0.25) is 0 Å². The number of hydrogen-bond acceptors (Lipinski definition) is 2. The summed E-state index contributed by atoms with van der Waals surface area (Å²) in [4.78, 5) is 0. The summed E-state index contributed by atoms with van der Waals surface area (Å²) in [6, 6.07) is 12.2. The molecular weight excluding hydrogens is 212 g/mol. The molecule has 2 heteroatoms.